The lowest BCUT2D eigenvalue weighted by Crippen LogP contribution is -2.11. The van der Waals surface area contributed by atoms with Crippen molar-refractivity contribution in [2.75, 3.05) is 6.54 Å². The molecule has 2 aromatic rings. The Morgan fingerprint density at radius 3 is 3.00 bits per heavy atom. The summed E-state index contributed by atoms with van der Waals surface area (Å²) in [6.45, 7) is 3.50. The minimum atomic E-state index is -0.369. The van der Waals surface area contributed by atoms with Gasteiger partial charge in [0.2, 0.25) is 0 Å². The Labute approximate surface area is 104 Å². The fraction of sp³-hybridized carbons (Fsp3) is 0.250. The minimum absolute atomic E-state index is 0.319. The number of hydrogen-bond acceptors (Lipinski definition) is 3. The summed E-state index contributed by atoms with van der Waals surface area (Å²) in [5.74, 6) is 0.211. The van der Waals surface area contributed by atoms with Crippen molar-refractivity contribution in [1.82, 2.24) is 10.5 Å². The van der Waals surface area contributed by atoms with Crippen LogP contribution in [-0.4, -0.2) is 11.7 Å². The second-order valence-electron chi connectivity index (χ2n) is 3.58. The molecule has 1 N–H and O–H groups in total. The summed E-state index contributed by atoms with van der Waals surface area (Å²) < 4.78 is 18.1. The van der Waals surface area contributed by atoms with E-state index in [0.29, 0.717) is 22.9 Å². The zero-order valence-electron chi connectivity index (χ0n) is 9.34. The van der Waals surface area contributed by atoms with E-state index in [9.17, 15) is 4.39 Å². The lowest BCUT2D eigenvalue weighted by Gasteiger charge is -2.04. The smallest absolute Gasteiger partial charge is 0.172 e. The molecule has 0 saturated carbocycles. The molecule has 0 aliphatic heterocycles. The maximum Gasteiger partial charge on any atom is 0.172 e. The van der Waals surface area contributed by atoms with Gasteiger partial charge in [-0.25, -0.2) is 4.39 Å². The van der Waals surface area contributed by atoms with Gasteiger partial charge in [0, 0.05) is 17.7 Å². The van der Waals surface area contributed by atoms with Crippen molar-refractivity contribution in [3.8, 4) is 11.3 Å². The van der Waals surface area contributed by atoms with Gasteiger partial charge in [0.25, 0.3) is 0 Å². The van der Waals surface area contributed by atoms with Gasteiger partial charge < -0.3 is 9.84 Å². The molecule has 0 saturated heterocycles. The van der Waals surface area contributed by atoms with Gasteiger partial charge >= 0.3 is 0 Å². The lowest BCUT2D eigenvalue weighted by molar-refractivity contribution is 0.431. The largest absolute Gasteiger partial charge is 0.356 e. The van der Waals surface area contributed by atoms with E-state index in [1.807, 2.05) is 6.92 Å². The van der Waals surface area contributed by atoms with Crippen LogP contribution in [0.2, 0.25) is 5.02 Å². The molecular weight excluding hydrogens is 243 g/mol. The molecule has 1 aromatic carbocycles. The Hall–Kier alpha value is -1.39. The maximum atomic E-state index is 12.9. The summed E-state index contributed by atoms with van der Waals surface area (Å²) in [5.41, 5.74) is 1.55. The summed E-state index contributed by atoms with van der Waals surface area (Å²) in [5, 5.41) is 7.24. The monoisotopic (exact) mass is 254 g/mol. The first-order chi connectivity index (χ1) is 8.22. The quantitative estimate of drug-likeness (QED) is 0.910. The number of nitrogens with zero attached hydrogens (tertiary/aromatic N) is 1. The van der Waals surface area contributed by atoms with Crippen LogP contribution in [0.15, 0.2) is 28.9 Å². The van der Waals surface area contributed by atoms with Gasteiger partial charge in [0.15, 0.2) is 5.76 Å². The molecule has 17 heavy (non-hydrogen) atoms. The molecule has 0 aliphatic carbocycles. The van der Waals surface area contributed by atoms with Gasteiger partial charge in [-0.1, -0.05) is 23.7 Å². The average Bonchev–Trinajstić information content (AvgIpc) is 2.74. The molecule has 0 fully saturated rings. The van der Waals surface area contributed by atoms with Gasteiger partial charge in [-0.05, 0) is 24.7 Å². The van der Waals surface area contributed by atoms with E-state index in [0.717, 1.165) is 12.1 Å². The molecule has 0 unspecified atom stereocenters. The SMILES string of the molecule is CCNCc1cnoc1-c1ccc(F)cc1Cl. The predicted molar refractivity (Wildman–Crippen MR) is 64.3 cm³/mol. The first-order valence-electron chi connectivity index (χ1n) is 5.32. The molecular formula is C12H12ClFN2O. The summed E-state index contributed by atoms with van der Waals surface area (Å²) in [4.78, 5) is 0. The van der Waals surface area contributed by atoms with E-state index in [1.165, 1.54) is 12.1 Å². The lowest BCUT2D eigenvalue weighted by atomic mass is 10.1. The molecule has 0 aliphatic rings. The number of rotatable bonds is 4. The number of halogens is 2. The van der Waals surface area contributed by atoms with Gasteiger partial charge in [-0.2, -0.15) is 0 Å². The molecule has 1 heterocycles. The molecule has 5 heteroatoms. The number of hydrogen-bond donors (Lipinski definition) is 1. The molecule has 0 radical (unpaired) electrons. The van der Waals surface area contributed by atoms with E-state index < -0.39 is 0 Å². The average molecular weight is 255 g/mol. The number of nitrogens with one attached hydrogen (secondary N) is 1. The van der Waals surface area contributed by atoms with Crippen LogP contribution in [0.25, 0.3) is 11.3 Å². The minimum Gasteiger partial charge on any atom is -0.356 e. The van der Waals surface area contributed by atoms with Crippen molar-refractivity contribution in [2.45, 2.75) is 13.5 Å². The van der Waals surface area contributed by atoms with Crippen LogP contribution in [0.5, 0.6) is 0 Å². The van der Waals surface area contributed by atoms with E-state index >= 15 is 0 Å². The Morgan fingerprint density at radius 2 is 2.29 bits per heavy atom. The number of aromatic nitrogens is 1. The zero-order chi connectivity index (χ0) is 12.3. The van der Waals surface area contributed by atoms with Crippen molar-refractivity contribution < 1.29 is 8.91 Å². The molecule has 1 aromatic heterocycles. The van der Waals surface area contributed by atoms with Gasteiger partial charge in [-0.3, -0.25) is 0 Å². The summed E-state index contributed by atoms with van der Waals surface area (Å²) in [6, 6.07) is 4.20. The fourth-order valence-corrected chi connectivity index (χ4v) is 1.79. The van der Waals surface area contributed by atoms with E-state index in [1.54, 1.807) is 12.3 Å². The second kappa shape index (κ2) is 5.29. The Balaban J connectivity index is 2.35. The highest BCUT2D eigenvalue weighted by Gasteiger charge is 2.13. The highest BCUT2D eigenvalue weighted by molar-refractivity contribution is 6.33. The third-order valence-electron chi connectivity index (χ3n) is 2.39. The maximum absolute atomic E-state index is 12.9. The highest BCUT2D eigenvalue weighted by Crippen LogP contribution is 2.30. The van der Waals surface area contributed by atoms with Crippen LogP contribution >= 0.6 is 11.6 Å². The highest BCUT2D eigenvalue weighted by atomic mass is 35.5. The zero-order valence-corrected chi connectivity index (χ0v) is 10.1. The van der Waals surface area contributed by atoms with Crippen LogP contribution in [0.1, 0.15) is 12.5 Å². The van der Waals surface area contributed by atoms with Crippen molar-refractivity contribution in [2.24, 2.45) is 0 Å². The molecule has 0 atom stereocenters. The van der Waals surface area contributed by atoms with Crippen molar-refractivity contribution in [3.05, 3.63) is 40.8 Å². The third kappa shape index (κ3) is 2.65. The van der Waals surface area contributed by atoms with Gasteiger partial charge in [0.05, 0.1) is 11.2 Å². The second-order valence-corrected chi connectivity index (χ2v) is 3.99. The molecule has 2 rings (SSSR count). The first kappa shape index (κ1) is 12.1. The molecule has 0 spiro atoms. The molecule has 3 nitrogen and oxygen atoms in total. The van der Waals surface area contributed by atoms with Crippen LogP contribution < -0.4 is 5.32 Å². The molecule has 0 bridgehead atoms. The Kier molecular flexibility index (Phi) is 3.76. The summed E-state index contributed by atoms with van der Waals surface area (Å²) in [6.07, 6.45) is 1.64. The van der Waals surface area contributed by atoms with E-state index in [4.69, 9.17) is 16.1 Å². The van der Waals surface area contributed by atoms with Gasteiger partial charge in [-0.15, -0.1) is 0 Å². The standard InChI is InChI=1S/C12H12ClFN2O/c1-2-15-6-8-7-16-17-12(8)10-4-3-9(14)5-11(10)13/h3-5,7,15H,2,6H2,1H3. The van der Waals surface area contributed by atoms with E-state index in [2.05, 4.69) is 10.5 Å². The Bertz CT molecular complexity index is 513. The third-order valence-corrected chi connectivity index (χ3v) is 2.70. The molecule has 90 valence electrons. The predicted octanol–water partition coefficient (Wildman–Crippen LogP) is 3.24. The Morgan fingerprint density at radius 1 is 1.47 bits per heavy atom. The molecule has 0 amide bonds. The van der Waals surface area contributed by atoms with Crippen LogP contribution in [-0.2, 0) is 6.54 Å². The van der Waals surface area contributed by atoms with E-state index in [-0.39, 0.29) is 5.82 Å². The number of benzene rings is 1. The summed E-state index contributed by atoms with van der Waals surface area (Å²) >= 11 is 5.98. The van der Waals surface area contributed by atoms with Crippen molar-refractivity contribution >= 4 is 11.6 Å². The van der Waals surface area contributed by atoms with Crippen LogP contribution in [0.3, 0.4) is 0 Å². The van der Waals surface area contributed by atoms with Crippen LogP contribution in [0, 0.1) is 5.82 Å². The van der Waals surface area contributed by atoms with Gasteiger partial charge in [0.1, 0.15) is 5.82 Å². The topological polar surface area (TPSA) is 38.1 Å². The normalized spacial score (nSPS) is 10.8. The van der Waals surface area contributed by atoms with Crippen LogP contribution in [0.4, 0.5) is 4.39 Å². The fourth-order valence-electron chi connectivity index (χ4n) is 1.54. The van der Waals surface area contributed by atoms with Crippen molar-refractivity contribution in [1.29, 1.82) is 0 Å². The first-order valence-corrected chi connectivity index (χ1v) is 5.70. The summed E-state index contributed by atoms with van der Waals surface area (Å²) in [7, 11) is 0. The van der Waals surface area contributed by atoms with Crippen molar-refractivity contribution in [3.63, 3.8) is 0 Å².